The second-order valence-electron chi connectivity index (χ2n) is 5.85. The van der Waals surface area contributed by atoms with Gasteiger partial charge in [0.25, 0.3) is 0 Å². The zero-order valence-electron chi connectivity index (χ0n) is 11.5. The molecular weight excluding hydrogens is 236 g/mol. The Morgan fingerprint density at radius 3 is 2.68 bits per heavy atom. The summed E-state index contributed by atoms with van der Waals surface area (Å²) in [6.07, 6.45) is 4.87. The van der Waals surface area contributed by atoms with Crippen LogP contribution in [0, 0.1) is 5.92 Å². The molecule has 0 spiro atoms. The third-order valence-corrected chi connectivity index (χ3v) is 4.25. The predicted octanol–water partition coefficient (Wildman–Crippen LogP) is 2.18. The highest BCUT2D eigenvalue weighted by Crippen LogP contribution is 2.33. The van der Waals surface area contributed by atoms with Gasteiger partial charge in [-0.2, -0.15) is 0 Å². The molecule has 1 amide bonds. The summed E-state index contributed by atoms with van der Waals surface area (Å²) in [5, 5.41) is 3.42. The molecular formula is C16H22N2O. The van der Waals surface area contributed by atoms with Crippen molar-refractivity contribution in [1.82, 2.24) is 10.2 Å². The highest BCUT2D eigenvalue weighted by atomic mass is 16.2. The van der Waals surface area contributed by atoms with E-state index in [-0.39, 0.29) is 18.1 Å². The molecule has 0 radical (unpaired) electrons. The summed E-state index contributed by atoms with van der Waals surface area (Å²) in [6.45, 7) is 3.01. The zero-order chi connectivity index (χ0) is 13.2. The molecule has 3 rings (SSSR count). The summed E-state index contributed by atoms with van der Waals surface area (Å²) in [5.41, 5.74) is 1.23. The average Bonchev–Trinajstić information content (AvgIpc) is 3.19. The molecule has 19 heavy (non-hydrogen) atoms. The van der Waals surface area contributed by atoms with Crippen molar-refractivity contribution in [2.45, 2.75) is 44.8 Å². The summed E-state index contributed by atoms with van der Waals surface area (Å²) in [6, 6.07) is 10.2. The van der Waals surface area contributed by atoms with Crippen molar-refractivity contribution < 1.29 is 4.79 Å². The Bertz CT molecular complexity index is 441. The summed E-state index contributed by atoms with van der Waals surface area (Å²) in [7, 11) is 0. The summed E-state index contributed by atoms with van der Waals surface area (Å²) < 4.78 is 0. The molecule has 1 aliphatic heterocycles. The van der Waals surface area contributed by atoms with Gasteiger partial charge in [0.05, 0.1) is 12.2 Å². The largest absolute Gasteiger partial charge is 0.326 e. The van der Waals surface area contributed by atoms with Gasteiger partial charge >= 0.3 is 0 Å². The normalized spacial score (nSPS) is 27.0. The fourth-order valence-electron chi connectivity index (χ4n) is 2.87. The smallest absolute Gasteiger partial charge is 0.241 e. The fraction of sp³-hybridized carbons (Fsp3) is 0.562. The number of hydrogen-bond acceptors (Lipinski definition) is 2. The third kappa shape index (κ3) is 2.98. The molecule has 0 bridgehead atoms. The van der Waals surface area contributed by atoms with Gasteiger partial charge in [0.2, 0.25) is 5.91 Å². The first-order valence-corrected chi connectivity index (χ1v) is 7.34. The fourth-order valence-corrected chi connectivity index (χ4v) is 2.87. The van der Waals surface area contributed by atoms with E-state index in [2.05, 4.69) is 24.4 Å². The van der Waals surface area contributed by atoms with E-state index < -0.39 is 0 Å². The van der Waals surface area contributed by atoms with Crippen LogP contribution in [0.4, 0.5) is 0 Å². The molecule has 1 aromatic rings. The van der Waals surface area contributed by atoms with E-state index in [0.29, 0.717) is 0 Å². The summed E-state index contributed by atoms with van der Waals surface area (Å²) in [4.78, 5) is 14.4. The lowest BCUT2D eigenvalue weighted by Gasteiger charge is -2.20. The molecule has 1 saturated carbocycles. The molecule has 1 saturated heterocycles. The van der Waals surface area contributed by atoms with Gasteiger partial charge in [0.15, 0.2) is 0 Å². The topological polar surface area (TPSA) is 32.3 Å². The van der Waals surface area contributed by atoms with Crippen LogP contribution in [0.1, 0.15) is 31.7 Å². The van der Waals surface area contributed by atoms with Gasteiger partial charge in [0.1, 0.15) is 0 Å². The molecule has 1 aromatic carbocycles. The molecule has 102 valence electrons. The molecule has 1 aliphatic carbocycles. The number of nitrogens with zero attached hydrogens (tertiary/aromatic N) is 1. The van der Waals surface area contributed by atoms with E-state index >= 15 is 0 Å². The minimum absolute atomic E-state index is 0.0448. The van der Waals surface area contributed by atoms with Gasteiger partial charge in [-0.1, -0.05) is 43.2 Å². The Morgan fingerprint density at radius 1 is 1.26 bits per heavy atom. The van der Waals surface area contributed by atoms with Gasteiger partial charge < -0.3 is 4.90 Å². The molecule has 3 nitrogen and oxygen atoms in total. The van der Waals surface area contributed by atoms with Crippen molar-refractivity contribution >= 4 is 5.91 Å². The van der Waals surface area contributed by atoms with Gasteiger partial charge in [-0.15, -0.1) is 0 Å². The van der Waals surface area contributed by atoms with E-state index in [9.17, 15) is 4.79 Å². The Kier molecular flexibility index (Phi) is 3.56. The van der Waals surface area contributed by atoms with Crippen LogP contribution in [0.25, 0.3) is 0 Å². The van der Waals surface area contributed by atoms with Crippen molar-refractivity contribution in [2.75, 3.05) is 6.54 Å². The Labute approximate surface area is 115 Å². The second-order valence-corrected chi connectivity index (χ2v) is 5.85. The zero-order valence-corrected chi connectivity index (χ0v) is 11.5. The second kappa shape index (κ2) is 5.33. The Balaban J connectivity index is 1.59. The third-order valence-electron chi connectivity index (χ3n) is 4.25. The van der Waals surface area contributed by atoms with Crippen LogP contribution in [0.15, 0.2) is 30.3 Å². The number of nitrogens with one attached hydrogen (secondary N) is 1. The first kappa shape index (κ1) is 12.7. The van der Waals surface area contributed by atoms with E-state index in [4.69, 9.17) is 0 Å². The van der Waals surface area contributed by atoms with Gasteiger partial charge in [-0.05, 0) is 31.2 Å². The van der Waals surface area contributed by atoms with Crippen molar-refractivity contribution in [3.63, 3.8) is 0 Å². The molecule has 2 fully saturated rings. The molecule has 3 heteroatoms. The van der Waals surface area contributed by atoms with E-state index in [0.717, 1.165) is 18.9 Å². The molecule has 2 aliphatic rings. The SMILES string of the molecule is CC1NC(Cc2ccccc2)C(=O)N1CCC1CC1. The maximum Gasteiger partial charge on any atom is 0.241 e. The lowest BCUT2D eigenvalue weighted by atomic mass is 10.1. The van der Waals surface area contributed by atoms with Gasteiger partial charge in [0, 0.05) is 6.54 Å². The molecule has 0 aromatic heterocycles. The first-order chi connectivity index (χ1) is 9.24. The van der Waals surface area contributed by atoms with Crippen LogP contribution in [0.5, 0.6) is 0 Å². The van der Waals surface area contributed by atoms with Crippen LogP contribution in [0.2, 0.25) is 0 Å². The predicted molar refractivity (Wildman–Crippen MR) is 75.6 cm³/mol. The maximum absolute atomic E-state index is 12.4. The molecule has 2 atom stereocenters. The van der Waals surface area contributed by atoms with Crippen LogP contribution in [-0.4, -0.2) is 29.6 Å². The first-order valence-electron chi connectivity index (χ1n) is 7.34. The standard InChI is InChI=1S/C16H22N2O/c1-12-17-15(11-14-5-3-2-4-6-14)16(19)18(12)10-9-13-7-8-13/h2-6,12-13,15,17H,7-11H2,1H3. The van der Waals surface area contributed by atoms with Crippen LogP contribution in [-0.2, 0) is 11.2 Å². The number of carbonyl (C=O) groups is 1. The molecule has 2 unspecified atom stereocenters. The lowest BCUT2D eigenvalue weighted by Crippen LogP contribution is -2.35. The summed E-state index contributed by atoms with van der Waals surface area (Å²) in [5.74, 6) is 1.16. The van der Waals surface area contributed by atoms with Crippen molar-refractivity contribution in [3.8, 4) is 0 Å². The number of hydrogen-bond donors (Lipinski definition) is 1. The highest BCUT2D eigenvalue weighted by Gasteiger charge is 2.36. The summed E-state index contributed by atoms with van der Waals surface area (Å²) >= 11 is 0. The number of amides is 1. The van der Waals surface area contributed by atoms with Crippen molar-refractivity contribution in [1.29, 1.82) is 0 Å². The monoisotopic (exact) mass is 258 g/mol. The molecule has 1 heterocycles. The van der Waals surface area contributed by atoms with Crippen LogP contribution in [0.3, 0.4) is 0 Å². The van der Waals surface area contributed by atoms with Crippen LogP contribution >= 0.6 is 0 Å². The number of carbonyl (C=O) groups excluding carboxylic acids is 1. The van der Waals surface area contributed by atoms with E-state index in [1.54, 1.807) is 0 Å². The van der Waals surface area contributed by atoms with Gasteiger partial charge in [-0.3, -0.25) is 10.1 Å². The quantitative estimate of drug-likeness (QED) is 0.878. The van der Waals surface area contributed by atoms with Crippen molar-refractivity contribution in [2.24, 2.45) is 5.92 Å². The van der Waals surface area contributed by atoms with Crippen LogP contribution < -0.4 is 5.32 Å². The lowest BCUT2D eigenvalue weighted by molar-refractivity contribution is -0.129. The van der Waals surface area contributed by atoms with Crippen molar-refractivity contribution in [3.05, 3.63) is 35.9 Å². The maximum atomic E-state index is 12.4. The molecule has 1 N–H and O–H groups in total. The Hall–Kier alpha value is -1.35. The van der Waals surface area contributed by atoms with Gasteiger partial charge in [-0.25, -0.2) is 0 Å². The minimum Gasteiger partial charge on any atom is -0.326 e. The number of rotatable bonds is 5. The Morgan fingerprint density at radius 2 is 2.00 bits per heavy atom. The van der Waals surface area contributed by atoms with E-state index in [1.807, 2.05) is 23.1 Å². The number of benzene rings is 1. The average molecular weight is 258 g/mol. The van der Waals surface area contributed by atoms with E-state index in [1.165, 1.54) is 24.8 Å². The minimum atomic E-state index is -0.0448. The highest BCUT2D eigenvalue weighted by molar-refractivity contribution is 5.84.